The molecule has 0 radical (unpaired) electrons. The first-order valence-corrected chi connectivity index (χ1v) is 13.6. The molecule has 0 aliphatic heterocycles. The molecule has 1 heterocycles. The van der Waals surface area contributed by atoms with Crippen LogP contribution in [-0.2, 0) is 4.74 Å². The Morgan fingerprint density at radius 3 is 2.00 bits per heavy atom. The first-order valence-electron chi connectivity index (χ1n) is 12.8. The van der Waals surface area contributed by atoms with Gasteiger partial charge in [0.05, 0.1) is 6.61 Å². The number of carbonyl (C=O) groups excluding carboxylic acids is 1. The van der Waals surface area contributed by atoms with Crippen molar-refractivity contribution in [3.8, 4) is 0 Å². The van der Waals surface area contributed by atoms with E-state index in [1.54, 1.807) is 24.5 Å². The van der Waals surface area contributed by atoms with E-state index in [-0.39, 0.29) is 88.0 Å². The van der Waals surface area contributed by atoms with Crippen LogP contribution in [0.25, 0.3) is 0 Å². The van der Waals surface area contributed by atoms with Crippen molar-refractivity contribution < 1.29 is 114 Å². The molecule has 2 aliphatic carbocycles. The third-order valence-electron chi connectivity index (χ3n) is 6.63. The summed E-state index contributed by atoms with van der Waals surface area (Å²) in [6.07, 6.45) is 6.86. The molecule has 0 unspecified atom stereocenters. The number of carbonyl (C=O) groups is 1. The van der Waals surface area contributed by atoms with E-state index < -0.39 is 17.7 Å². The Kier molecular flexibility index (Phi) is 15.2. The minimum atomic E-state index is -4.10. The topological polar surface area (TPSA) is 230 Å². The van der Waals surface area contributed by atoms with Crippen molar-refractivity contribution in [2.24, 2.45) is 5.92 Å². The molecule has 0 atom stereocenters. The van der Waals surface area contributed by atoms with E-state index in [0.29, 0.717) is 46.9 Å². The molecule has 2 fully saturated rings. The van der Waals surface area contributed by atoms with Crippen LogP contribution in [0.1, 0.15) is 57.9 Å². The standard InChI is InChI=1S/C23H31N5O9S.C2H6.CH3.Cs/c1-20(6-7-20)27-19(29)37-12-13-8-14(9-13)15-10-24-18(25-11-15)26-16-2-4-17(5-3-16)38-28-21(30,22(31,32)33)23(34,35)36;1-2;;/h2-5,10-11,13-14,28,30-36H,6-9,12H2,1H3,(H,27,29)(H,24,25,26);1-2H3;1H3;/q;;-1;+1. The Bertz CT molecular complexity index is 1110. The van der Waals surface area contributed by atoms with Crippen molar-refractivity contribution >= 4 is 29.7 Å². The summed E-state index contributed by atoms with van der Waals surface area (Å²) in [7, 11) is 0. The molecule has 0 spiro atoms. The monoisotopic (exact) mass is 731 g/mol. The molecule has 0 saturated heterocycles. The summed E-state index contributed by atoms with van der Waals surface area (Å²) >= 11 is 0.470. The van der Waals surface area contributed by atoms with Gasteiger partial charge in [0.1, 0.15) is 0 Å². The van der Waals surface area contributed by atoms with Crippen molar-refractivity contribution in [2.75, 3.05) is 11.9 Å². The molecule has 10 N–H and O–H groups in total. The maximum atomic E-state index is 11.8. The van der Waals surface area contributed by atoms with Crippen molar-refractivity contribution in [2.45, 2.75) is 80.5 Å². The maximum Gasteiger partial charge on any atom is 1.00 e. The zero-order chi connectivity index (χ0) is 29.8. The summed E-state index contributed by atoms with van der Waals surface area (Å²) in [6, 6.07) is 6.23. The average molecular weight is 732 g/mol. The predicted octanol–water partition coefficient (Wildman–Crippen LogP) is -1.98. The molecule has 4 rings (SSSR count). The van der Waals surface area contributed by atoms with Gasteiger partial charge in [-0.25, -0.2) is 19.5 Å². The fourth-order valence-corrected chi connectivity index (χ4v) is 4.59. The number of anilines is 2. The summed E-state index contributed by atoms with van der Waals surface area (Å²) in [6.45, 7) is 6.39. The Labute approximate surface area is 308 Å². The fourth-order valence-electron chi connectivity index (χ4n) is 3.78. The van der Waals surface area contributed by atoms with Gasteiger partial charge in [-0.05, 0) is 86.2 Å². The Morgan fingerprint density at radius 1 is 1.00 bits per heavy atom. The number of rotatable bonds is 11. The molecular weight excluding hydrogens is 691 g/mol. The van der Waals surface area contributed by atoms with Crippen LogP contribution in [0.15, 0.2) is 41.6 Å². The van der Waals surface area contributed by atoms with Crippen LogP contribution in [0.4, 0.5) is 16.4 Å². The largest absolute Gasteiger partial charge is 1.00 e. The van der Waals surface area contributed by atoms with Crippen LogP contribution in [0.2, 0.25) is 0 Å². The fraction of sp³-hybridized carbons (Fsp3) is 0.538. The molecule has 230 valence electrons. The first-order chi connectivity index (χ1) is 18.7. The van der Waals surface area contributed by atoms with E-state index in [1.807, 2.05) is 25.5 Å². The predicted molar refractivity (Wildman–Crippen MR) is 150 cm³/mol. The number of amides is 1. The molecule has 1 aromatic heterocycles. The van der Waals surface area contributed by atoms with Crippen molar-refractivity contribution in [3.63, 3.8) is 0 Å². The van der Waals surface area contributed by atoms with Gasteiger partial charge in [0.2, 0.25) is 5.95 Å². The van der Waals surface area contributed by atoms with Gasteiger partial charge in [0, 0.05) is 28.5 Å². The van der Waals surface area contributed by atoms with E-state index in [9.17, 15) is 40.5 Å². The number of nitrogens with zero attached hydrogens (tertiary/aromatic N) is 2. The summed E-state index contributed by atoms with van der Waals surface area (Å²) in [4.78, 5) is 20.8. The number of benzene rings is 1. The smallest absolute Gasteiger partial charge is 0.449 e. The molecule has 2 saturated carbocycles. The van der Waals surface area contributed by atoms with E-state index in [4.69, 9.17) is 4.74 Å². The summed E-state index contributed by atoms with van der Waals surface area (Å²) in [5, 5.41) is 70.9. The minimum Gasteiger partial charge on any atom is -0.449 e. The third-order valence-corrected chi connectivity index (χ3v) is 7.54. The van der Waals surface area contributed by atoms with E-state index in [2.05, 4.69) is 20.6 Å². The van der Waals surface area contributed by atoms with Gasteiger partial charge in [0.15, 0.2) is 0 Å². The minimum absolute atomic E-state index is 0. The molecule has 42 heavy (non-hydrogen) atoms. The van der Waals surface area contributed by atoms with Crippen LogP contribution in [0.3, 0.4) is 0 Å². The van der Waals surface area contributed by atoms with Gasteiger partial charge in [-0.2, -0.15) is 0 Å². The van der Waals surface area contributed by atoms with Crippen LogP contribution in [0.5, 0.6) is 0 Å². The molecule has 0 bridgehead atoms. The Hall–Kier alpha value is -0.548. The van der Waals surface area contributed by atoms with Gasteiger partial charge in [-0.15, -0.1) is 0 Å². The van der Waals surface area contributed by atoms with E-state index in [1.165, 1.54) is 12.1 Å². The summed E-state index contributed by atoms with van der Waals surface area (Å²) in [5.74, 6) is -7.23. The second-order valence-corrected chi connectivity index (χ2v) is 10.9. The third kappa shape index (κ3) is 10.5. The van der Waals surface area contributed by atoms with E-state index in [0.717, 1.165) is 31.2 Å². The van der Waals surface area contributed by atoms with Crippen molar-refractivity contribution in [1.29, 1.82) is 0 Å². The molecule has 16 heteroatoms. The molecule has 1 aromatic carbocycles. The van der Waals surface area contributed by atoms with Crippen LogP contribution < -0.4 is 84.2 Å². The number of hydrogen-bond donors (Lipinski definition) is 10. The average Bonchev–Trinajstić information content (AvgIpc) is 3.59. The SMILES string of the molecule is CC.CC1(NC(=O)OCC2CC(c3cnc(Nc4ccc(SNC(O)(C(O)(O)O)C(O)(O)O)cc4)nc3)C2)CC1.[CH3-].[Cs+]. The molecule has 14 nitrogen and oxygen atoms in total. The van der Waals surface area contributed by atoms with Crippen LogP contribution in [0, 0.1) is 13.3 Å². The second-order valence-electron chi connectivity index (χ2n) is 9.99. The molecule has 1 amide bonds. The number of aliphatic hydroxyl groups is 7. The molecule has 2 aromatic rings. The number of hydrogen-bond acceptors (Lipinski definition) is 14. The van der Waals surface area contributed by atoms with Gasteiger partial charge in [0.25, 0.3) is 5.72 Å². The number of nitrogens with one attached hydrogen (secondary N) is 3. The Morgan fingerprint density at radius 2 is 1.52 bits per heavy atom. The summed E-state index contributed by atoms with van der Waals surface area (Å²) < 4.78 is 7.14. The number of ether oxygens (including phenoxy) is 1. The molecule has 2 aliphatic rings. The van der Waals surface area contributed by atoms with Gasteiger partial charge in [-0.1, -0.05) is 13.8 Å². The number of alkyl carbamates (subject to hydrolysis) is 1. The van der Waals surface area contributed by atoms with Crippen LogP contribution in [-0.4, -0.2) is 81.6 Å². The van der Waals surface area contributed by atoms with Gasteiger partial charge >= 0.3 is 86.9 Å². The normalized spacial score (nSPS) is 19.0. The van der Waals surface area contributed by atoms with Crippen LogP contribution >= 0.6 is 11.9 Å². The molecular formula is C26H40CsN5O9S. The van der Waals surface area contributed by atoms with E-state index >= 15 is 0 Å². The Balaban J connectivity index is 0.00000216. The van der Waals surface area contributed by atoms with Crippen molar-refractivity contribution in [1.82, 2.24) is 20.0 Å². The summed E-state index contributed by atoms with van der Waals surface area (Å²) in [5.41, 5.74) is -2.24. The zero-order valence-electron chi connectivity index (χ0n) is 24.4. The van der Waals surface area contributed by atoms with Crippen molar-refractivity contribution in [3.05, 3.63) is 49.6 Å². The zero-order valence-corrected chi connectivity index (χ0v) is 31.5. The van der Waals surface area contributed by atoms with Gasteiger partial charge in [-0.3, -0.25) is 0 Å². The quantitative estimate of drug-likeness (QED) is 0.0687. The maximum absolute atomic E-state index is 11.8. The number of aromatic nitrogens is 2. The van der Waals surface area contributed by atoms with Gasteiger partial charge < -0.3 is 58.5 Å². The first kappa shape index (κ1) is 39.5. The second kappa shape index (κ2) is 16.1.